The first kappa shape index (κ1) is 24.9. The Bertz CT molecular complexity index is 1470. The number of anilines is 1. The number of benzene rings is 3. The number of halogens is 1. The molecule has 3 aromatic carbocycles. The van der Waals surface area contributed by atoms with Crippen molar-refractivity contribution in [1.29, 1.82) is 0 Å². The molecule has 2 fully saturated rings. The van der Waals surface area contributed by atoms with Crippen molar-refractivity contribution in [1.82, 2.24) is 0 Å². The van der Waals surface area contributed by atoms with E-state index in [-0.39, 0.29) is 35.1 Å². The molecule has 0 bridgehead atoms. The fourth-order valence-corrected chi connectivity index (χ4v) is 8.65. The second kappa shape index (κ2) is 9.92. The molecule has 2 heterocycles. The maximum Gasteiger partial charge on any atom is 0.252 e. The van der Waals surface area contributed by atoms with E-state index in [1.54, 1.807) is 18.2 Å². The van der Waals surface area contributed by atoms with Crippen LogP contribution in [0, 0.1) is 13.8 Å². The van der Waals surface area contributed by atoms with Crippen molar-refractivity contribution in [3.8, 4) is 11.5 Å². The Kier molecular flexibility index (Phi) is 6.85. The molecule has 1 amide bonds. The van der Waals surface area contributed by atoms with Gasteiger partial charge in [0.2, 0.25) is 0 Å². The summed E-state index contributed by atoms with van der Waals surface area (Å²) < 4.78 is 31.2. The van der Waals surface area contributed by atoms with Gasteiger partial charge < -0.3 is 9.64 Å². The highest BCUT2D eigenvalue weighted by atomic mass is 35.5. The number of carbonyl (C=O) groups excluding carboxylic acids is 1. The average molecular weight is 541 g/mol. The van der Waals surface area contributed by atoms with E-state index in [0.29, 0.717) is 27.4 Å². The Morgan fingerprint density at radius 2 is 1.81 bits per heavy atom. The number of sulfone groups is 1. The predicted molar refractivity (Wildman–Crippen MR) is 146 cm³/mol. The van der Waals surface area contributed by atoms with Crippen molar-refractivity contribution < 1.29 is 17.9 Å². The summed E-state index contributed by atoms with van der Waals surface area (Å²) in [6, 6.07) is 20.3. The van der Waals surface area contributed by atoms with Crippen LogP contribution >= 0.6 is 23.4 Å². The Morgan fingerprint density at radius 1 is 1.06 bits per heavy atom. The van der Waals surface area contributed by atoms with Gasteiger partial charge in [-0.15, -0.1) is 0 Å². The highest BCUT2D eigenvalue weighted by Crippen LogP contribution is 2.45. The number of nitrogens with zero attached hydrogens (tertiary/aromatic N) is 2. The lowest BCUT2D eigenvalue weighted by molar-refractivity contribution is -0.117. The van der Waals surface area contributed by atoms with E-state index in [1.165, 1.54) is 11.8 Å². The minimum Gasteiger partial charge on any atom is -0.455 e. The molecule has 2 atom stereocenters. The zero-order chi connectivity index (χ0) is 25.4. The molecule has 0 aliphatic carbocycles. The minimum absolute atomic E-state index is 0.0217. The number of carbonyl (C=O) groups is 1. The number of thioether (sulfide) groups is 1. The maximum absolute atomic E-state index is 13.0. The smallest absolute Gasteiger partial charge is 0.252 e. The molecule has 186 valence electrons. The number of rotatable bonds is 5. The van der Waals surface area contributed by atoms with Crippen LogP contribution in [0.1, 0.15) is 16.7 Å². The normalized spacial score (nSPS) is 21.5. The Hall–Kier alpha value is -2.81. The summed E-state index contributed by atoms with van der Waals surface area (Å²) >= 11 is 7.71. The number of amidine groups is 1. The summed E-state index contributed by atoms with van der Waals surface area (Å²) in [7, 11) is -3.22. The zero-order valence-corrected chi connectivity index (χ0v) is 22.2. The van der Waals surface area contributed by atoms with Crippen LogP contribution in [0.2, 0.25) is 5.02 Å². The third kappa shape index (κ3) is 5.45. The van der Waals surface area contributed by atoms with Crippen LogP contribution < -0.4 is 9.64 Å². The molecule has 0 unspecified atom stereocenters. The van der Waals surface area contributed by atoms with Crippen LogP contribution in [-0.2, 0) is 21.1 Å². The molecular formula is C27H25ClN2O4S2. The second-order valence-corrected chi connectivity index (χ2v) is 13.0. The van der Waals surface area contributed by atoms with Gasteiger partial charge in [-0.3, -0.25) is 4.79 Å². The first-order chi connectivity index (χ1) is 17.2. The van der Waals surface area contributed by atoms with Gasteiger partial charge in [0.05, 0.1) is 29.7 Å². The number of aryl methyl sites for hydroxylation is 2. The van der Waals surface area contributed by atoms with Crippen LogP contribution in [0.15, 0.2) is 71.7 Å². The Morgan fingerprint density at radius 3 is 2.56 bits per heavy atom. The lowest BCUT2D eigenvalue weighted by Crippen LogP contribution is -2.38. The van der Waals surface area contributed by atoms with Gasteiger partial charge in [0, 0.05) is 10.3 Å². The molecular weight excluding hydrogens is 516 g/mol. The molecule has 0 aromatic heterocycles. The fraction of sp³-hybridized carbons (Fsp3) is 0.259. The topological polar surface area (TPSA) is 76.0 Å². The monoisotopic (exact) mass is 540 g/mol. The second-order valence-electron chi connectivity index (χ2n) is 9.16. The molecule has 0 spiro atoms. The molecule has 3 aromatic rings. The lowest BCUT2D eigenvalue weighted by atomic mass is 10.1. The van der Waals surface area contributed by atoms with Gasteiger partial charge in [0.15, 0.2) is 20.8 Å². The van der Waals surface area contributed by atoms with E-state index in [0.717, 1.165) is 16.7 Å². The van der Waals surface area contributed by atoms with Crippen molar-refractivity contribution in [3.05, 3.63) is 88.4 Å². The van der Waals surface area contributed by atoms with E-state index < -0.39 is 9.84 Å². The summed E-state index contributed by atoms with van der Waals surface area (Å²) in [4.78, 5) is 19.3. The van der Waals surface area contributed by atoms with Gasteiger partial charge in [0.25, 0.3) is 5.91 Å². The van der Waals surface area contributed by atoms with Gasteiger partial charge in [-0.05, 0) is 55.3 Å². The number of hydrogen-bond donors (Lipinski definition) is 0. The van der Waals surface area contributed by atoms with E-state index in [4.69, 9.17) is 16.3 Å². The number of amides is 1. The summed E-state index contributed by atoms with van der Waals surface area (Å²) in [6.45, 7) is 3.95. The van der Waals surface area contributed by atoms with Crippen molar-refractivity contribution in [3.63, 3.8) is 0 Å². The van der Waals surface area contributed by atoms with Crippen LogP contribution in [0.25, 0.3) is 0 Å². The minimum atomic E-state index is -3.22. The SMILES string of the molecule is Cc1cccc(CC(=O)N=C2S[C@@H]3CS(=O)(=O)C[C@H]3N2c2cc(Cl)ccc2Oc2cccc(C)c2)c1. The molecule has 6 nitrogen and oxygen atoms in total. The van der Waals surface area contributed by atoms with E-state index in [2.05, 4.69) is 4.99 Å². The van der Waals surface area contributed by atoms with Gasteiger partial charge in [-0.2, -0.15) is 4.99 Å². The molecule has 0 radical (unpaired) electrons. The molecule has 0 saturated carbocycles. The highest BCUT2D eigenvalue weighted by molar-refractivity contribution is 8.16. The highest BCUT2D eigenvalue weighted by Gasteiger charge is 2.50. The van der Waals surface area contributed by atoms with Crippen molar-refractivity contribution in [2.24, 2.45) is 4.99 Å². The number of hydrogen-bond acceptors (Lipinski definition) is 5. The molecule has 2 aliphatic rings. The summed E-state index contributed by atoms with van der Waals surface area (Å²) in [5.74, 6) is 0.883. The Balaban J connectivity index is 1.53. The van der Waals surface area contributed by atoms with Crippen LogP contribution in [0.3, 0.4) is 0 Å². The molecule has 2 saturated heterocycles. The Labute approximate surface area is 220 Å². The molecule has 2 aliphatic heterocycles. The maximum atomic E-state index is 13.0. The molecule has 36 heavy (non-hydrogen) atoms. The average Bonchev–Trinajstić information content (AvgIpc) is 3.25. The third-order valence-corrected chi connectivity index (χ3v) is 9.57. The van der Waals surface area contributed by atoms with Crippen molar-refractivity contribution in [2.45, 2.75) is 31.6 Å². The fourth-order valence-electron chi connectivity index (χ4n) is 4.56. The summed E-state index contributed by atoms with van der Waals surface area (Å²) in [5, 5.41) is 0.710. The van der Waals surface area contributed by atoms with E-state index in [9.17, 15) is 13.2 Å². The first-order valence-corrected chi connectivity index (χ1v) is 14.6. The largest absolute Gasteiger partial charge is 0.455 e. The van der Waals surface area contributed by atoms with E-state index >= 15 is 0 Å². The molecule has 9 heteroatoms. The number of ether oxygens (including phenoxy) is 1. The van der Waals surface area contributed by atoms with Gasteiger partial charge in [0.1, 0.15) is 5.75 Å². The predicted octanol–water partition coefficient (Wildman–Crippen LogP) is 5.59. The van der Waals surface area contributed by atoms with E-state index in [1.807, 2.05) is 67.3 Å². The van der Waals surface area contributed by atoms with Crippen molar-refractivity contribution in [2.75, 3.05) is 16.4 Å². The summed E-state index contributed by atoms with van der Waals surface area (Å²) in [6.07, 6.45) is 0.162. The number of fused-ring (bicyclic) bond motifs is 1. The zero-order valence-electron chi connectivity index (χ0n) is 19.8. The van der Waals surface area contributed by atoms with Gasteiger partial charge in [-0.1, -0.05) is 65.3 Å². The molecule has 5 rings (SSSR count). The van der Waals surface area contributed by atoms with Gasteiger partial charge in [-0.25, -0.2) is 8.42 Å². The lowest BCUT2D eigenvalue weighted by Gasteiger charge is -2.27. The molecule has 0 N–H and O–H groups in total. The van der Waals surface area contributed by atoms with Crippen LogP contribution in [0.4, 0.5) is 5.69 Å². The van der Waals surface area contributed by atoms with Crippen LogP contribution in [-0.4, -0.2) is 42.3 Å². The standard InChI is InChI=1S/C27H25ClN2O4S2/c1-17-5-3-7-19(11-17)13-26(31)29-27-30(23-15-36(32,33)16-25(23)35-27)22-14-20(28)9-10-24(22)34-21-8-4-6-18(2)12-21/h3-12,14,23,25H,13,15-16H2,1-2H3/t23-,25-/m1/s1. The van der Waals surface area contributed by atoms with Gasteiger partial charge >= 0.3 is 0 Å². The van der Waals surface area contributed by atoms with Crippen LogP contribution in [0.5, 0.6) is 11.5 Å². The first-order valence-electron chi connectivity index (χ1n) is 11.5. The quantitative estimate of drug-likeness (QED) is 0.420. The third-order valence-electron chi connectivity index (χ3n) is 6.12. The summed E-state index contributed by atoms with van der Waals surface area (Å²) in [5.41, 5.74) is 3.59. The van der Waals surface area contributed by atoms with Crippen molar-refractivity contribution >= 4 is 50.0 Å². The number of aliphatic imine (C=N–C) groups is 1.